The second kappa shape index (κ2) is 13.3. The minimum atomic E-state index is -3.62. The lowest BCUT2D eigenvalue weighted by Crippen LogP contribution is -2.30. The molecule has 216 valence electrons. The van der Waals surface area contributed by atoms with E-state index in [-0.39, 0.29) is 23.1 Å². The number of thioether (sulfide) groups is 1. The standard InChI is InChI=1S/C26H30N8O4S3/c1-5-33(6-2)41(37,38)21-12-10-19(11-13-21)24(36)27-15-22-30-32-26(34(22)20-9-7-8-17(3)14-20)39-16-23(35)28-25-31-29-18(4)40-25/h7-14H,5-6,15-16H2,1-4H3,(H,27,36)(H,28,31,35). The summed E-state index contributed by atoms with van der Waals surface area (Å²) in [6, 6.07) is 13.5. The molecule has 15 heteroatoms. The van der Waals surface area contributed by atoms with Gasteiger partial charge in [0.1, 0.15) is 5.01 Å². The number of aryl methyl sites for hydroxylation is 2. The predicted octanol–water partition coefficient (Wildman–Crippen LogP) is 3.43. The van der Waals surface area contributed by atoms with Crippen LogP contribution in [0.3, 0.4) is 0 Å². The molecule has 0 saturated carbocycles. The van der Waals surface area contributed by atoms with Crippen molar-refractivity contribution < 1.29 is 18.0 Å². The van der Waals surface area contributed by atoms with E-state index in [2.05, 4.69) is 31.0 Å². The van der Waals surface area contributed by atoms with Gasteiger partial charge in [0.15, 0.2) is 11.0 Å². The van der Waals surface area contributed by atoms with Crippen molar-refractivity contribution in [2.24, 2.45) is 0 Å². The van der Waals surface area contributed by atoms with Gasteiger partial charge >= 0.3 is 0 Å². The Morgan fingerprint density at radius 1 is 1.00 bits per heavy atom. The van der Waals surface area contributed by atoms with Gasteiger partial charge in [-0.2, -0.15) is 4.31 Å². The highest BCUT2D eigenvalue weighted by Gasteiger charge is 2.22. The van der Waals surface area contributed by atoms with Gasteiger partial charge in [0.25, 0.3) is 5.91 Å². The van der Waals surface area contributed by atoms with Crippen LogP contribution in [0.15, 0.2) is 58.6 Å². The first-order chi connectivity index (χ1) is 19.6. The summed E-state index contributed by atoms with van der Waals surface area (Å²) in [5.41, 5.74) is 2.11. The highest BCUT2D eigenvalue weighted by molar-refractivity contribution is 7.99. The Hall–Kier alpha value is -3.66. The van der Waals surface area contributed by atoms with Gasteiger partial charge in [0.05, 0.1) is 17.2 Å². The Morgan fingerprint density at radius 2 is 1.73 bits per heavy atom. The van der Waals surface area contributed by atoms with Crippen molar-refractivity contribution in [1.82, 2.24) is 34.6 Å². The van der Waals surface area contributed by atoms with Crippen LogP contribution in [0.5, 0.6) is 0 Å². The number of aromatic nitrogens is 5. The molecule has 0 radical (unpaired) electrons. The first kappa shape index (κ1) is 30.3. The molecule has 4 rings (SSSR count). The van der Waals surface area contributed by atoms with Crippen molar-refractivity contribution in [2.75, 3.05) is 24.2 Å². The summed E-state index contributed by atoms with van der Waals surface area (Å²) in [7, 11) is -3.62. The molecule has 0 bridgehead atoms. The molecule has 0 aliphatic carbocycles. The topological polar surface area (TPSA) is 152 Å². The lowest BCUT2D eigenvalue weighted by molar-refractivity contribution is -0.113. The van der Waals surface area contributed by atoms with Gasteiger partial charge in [-0.3, -0.25) is 19.5 Å². The van der Waals surface area contributed by atoms with Crippen LogP contribution >= 0.6 is 23.1 Å². The minimum absolute atomic E-state index is 0.0517. The van der Waals surface area contributed by atoms with Crippen LogP contribution in [-0.2, 0) is 21.4 Å². The summed E-state index contributed by atoms with van der Waals surface area (Å²) in [5, 5.41) is 23.6. The molecule has 41 heavy (non-hydrogen) atoms. The van der Waals surface area contributed by atoms with E-state index >= 15 is 0 Å². The first-order valence-corrected chi connectivity index (χ1v) is 16.0. The van der Waals surface area contributed by atoms with Gasteiger partial charge in [0, 0.05) is 24.3 Å². The van der Waals surface area contributed by atoms with Crippen molar-refractivity contribution >= 4 is 50.1 Å². The third-order valence-electron chi connectivity index (χ3n) is 5.93. The molecule has 0 saturated heterocycles. The Morgan fingerprint density at radius 3 is 2.37 bits per heavy atom. The number of carbonyl (C=O) groups is 2. The molecular weight excluding hydrogens is 585 g/mol. The number of anilines is 1. The normalized spacial score (nSPS) is 11.5. The summed E-state index contributed by atoms with van der Waals surface area (Å²) >= 11 is 2.49. The maximum atomic E-state index is 12.9. The maximum absolute atomic E-state index is 12.9. The zero-order valence-corrected chi connectivity index (χ0v) is 25.4. The van der Waals surface area contributed by atoms with Crippen molar-refractivity contribution in [3.8, 4) is 5.69 Å². The van der Waals surface area contributed by atoms with Crippen LogP contribution in [0.1, 0.15) is 40.6 Å². The second-order valence-corrected chi connectivity index (χ2v) is 12.9. The fourth-order valence-corrected chi connectivity index (χ4v) is 6.76. The van der Waals surface area contributed by atoms with Gasteiger partial charge in [-0.25, -0.2) is 8.42 Å². The number of benzene rings is 2. The zero-order chi connectivity index (χ0) is 29.6. The Kier molecular flexibility index (Phi) is 9.86. The van der Waals surface area contributed by atoms with Gasteiger partial charge in [0.2, 0.25) is 21.1 Å². The van der Waals surface area contributed by atoms with Gasteiger partial charge in [-0.05, 0) is 55.8 Å². The number of nitrogens with one attached hydrogen (secondary N) is 2. The third-order valence-corrected chi connectivity index (χ3v) is 9.68. The van der Waals surface area contributed by atoms with E-state index in [4.69, 9.17) is 0 Å². The lowest BCUT2D eigenvalue weighted by atomic mass is 10.2. The molecule has 0 fully saturated rings. The zero-order valence-electron chi connectivity index (χ0n) is 23.0. The molecule has 0 spiro atoms. The van der Waals surface area contributed by atoms with Crippen molar-refractivity contribution in [2.45, 2.75) is 44.3 Å². The van der Waals surface area contributed by atoms with Crippen LogP contribution in [0.2, 0.25) is 0 Å². The fourth-order valence-electron chi connectivity index (χ4n) is 3.92. The summed E-state index contributed by atoms with van der Waals surface area (Å²) in [4.78, 5) is 25.5. The largest absolute Gasteiger partial charge is 0.345 e. The second-order valence-electron chi connectivity index (χ2n) is 8.83. The van der Waals surface area contributed by atoms with E-state index in [1.165, 1.54) is 51.7 Å². The molecular formula is C26H30N8O4S3. The molecule has 2 aromatic carbocycles. The molecule has 0 unspecified atom stereocenters. The third kappa shape index (κ3) is 7.35. The Labute approximate surface area is 246 Å². The van der Waals surface area contributed by atoms with Crippen molar-refractivity contribution in [3.63, 3.8) is 0 Å². The summed E-state index contributed by atoms with van der Waals surface area (Å²) in [5.74, 6) is -0.118. The van der Waals surface area contributed by atoms with Crippen LogP contribution in [0.25, 0.3) is 5.69 Å². The predicted molar refractivity (Wildman–Crippen MR) is 158 cm³/mol. The molecule has 12 nitrogen and oxygen atoms in total. The van der Waals surface area contributed by atoms with E-state index in [0.29, 0.717) is 34.8 Å². The summed E-state index contributed by atoms with van der Waals surface area (Å²) < 4.78 is 28.6. The Balaban J connectivity index is 1.48. The number of carbonyl (C=O) groups excluding carboxylic acids is 2. The Bertz CT molecular complexity index is 1630. The highest BCUT2D eigenvalue weighted by atomic mass is 32.2. The minimum Gasteiger partial charge on any atom is -0.345 e. The number of nitrogens with zero attached hydrogens (tertiary/aromatic N) is 6. The molecule has 0 atom stereocenters. The van der Waals surface area contributed by atoms with E-state index in [1.54, 1.807) is 25.3 Å². The van der Waals surface area contributed by atoms with Crippen LogP contribution in [-0.4, -0.2) is 68.3 Å². The first-order valence-electron chi connectivity index (χ1n) is 12.7. The number of amides is 2. The number of hydrogen-bond acceptors (Lipinski definition) is 10. The molecule has 2 amide bonds. The molecule has 2 aromatic heterocycles. The van der Waals surface area contributed by atoms with Gasteiger partial charge in [-0.1, -0.05) is 49.1 Å². The molecule has 0 aliphatic heterocycles. The molecule has 0 aliphatic rings. The SMILES string of the molecule is CCN(CC)S(=O)(=O)c1ccc(C(=O)NCc2nnc(SCC(=O)Nc3nnc(C)s3)n2-c2cccc(C)c2)cc1. The summed E-state index contributed by atoms with van der Waals surface area (Å²) in [6.45, 7) is 8.09. The average molecular weight is 615 g/mol. The highest BCUT2D eigenvalue weighted by Crippen LogP contribution is 2.24. The quantitative estimate of drug-likeness (QED) is 0.229. The fraction of sp³-hybridized carbons (Fsp3) is 0.308. The van der Waals surface area contributed by atoms with Gasteiger partial charge < -0.3 is 5.32 Å². The maximum Gasteiger partial charge on any atom is 0.251 e. The molecule has 4 aromatic rings. The number of rotatable bonds is 12. The average Bonchev–Trinajstić information content (AvgIpc) is 3.56. The molecule has 2 N–H and O–H groups in total. The van der Waals surface area contributed by atoms with Crippen LogP contribution < -0.4 is 10.6 Å². The van der Waals surface area contributed by atoms with E-state index in [0.717, 1.165) is 16.3 Å². The van der Waals surface area contributed by atoms with Crippen LogP contribution in [0, 0.1) is 13.8 Å². The van der Waals surface area contributed by atoms with E-state index < -0.39 is 15.9 Å². The van der Waals surface area contributed by atoms with Gasteiger partial charge in [-0.15, -0.1) is 20.4 Å². The number of sulfonamides is 1. The van der Waals surface area contributed by atoms with Crippen molar-refractivity contribution in [1.29, 1.82) is 0 Å². The summed E-state index contributed by atoms with van der Waals surface area (Å²) in [6.07, 6.45) is 0. The molecule has 2 heterocycles. The number of hydrogen-bond donors (Lipinski definition) is 2. The van der Waals surface area contributed by atoms with E-state index in [9.17, 15) is 18.0 Å². The van der Waals surface area contributed by atoms with E-state index in [1.807, 2.05) is 31.2 Å². The van der Waals surface area contributed by atoms with Crippen LogP contribution in [0.4, 0.5) is 5.13 Å². The lowest BCUT2D eigenvalue weighted by Gasteiger charge is -2.18. The van der Waals surface area contributed by atoms with Crippen molar-refractivity contribution in [3.05, 3.63) is 70.5 Å². The monoisotopic (exact) mass is 614 g/mol. The smallest absolute Gasteiger partial charge is 0.251 e.